The number of nitrogens with zero attached hydrogens (tertiary/aromatic N) is 2. The third kappa shape index (κ3) is 3.88. The molecule has 4 amide bonds. The largest absolute Gasteiger partial charge is 0.507 e. The lowest BCUT2D eigenvalue weighted by atomic mass is 9.57. The van der Waals surface area contributed by atoms with E-state index in [0.29, 0.717) is 16.7 Å². The second-order valence-corrected chi connectivity index (χ2v) is 10.5. The van der Waals surface area contributed by atoms with Gasteiger partial charge in [-0.1, -0.05) is 29.8 Å². The number of fused-ring (bicyclic) bond motifs is 4. The zero-order valence-corrected chi connectivity index (χ0v) is 20.7. The van der Waals surface area contributed by atoms with Crippen molar-refractivity contribution < 1.29 is 44.1 Å². The van der Waals surface area contributed by atoms with Crippen LogP contribution in [0.2, 0.25) is 0 Å². The van der Waals surface area contributed by atoms with Crippen LogP contribution in [0.4, 0.5) is 0 Å². The maximum absolute atomic E-state index is 13.6. The van der Waals surface area contributed by atoms with Gasteiger partial charge in [0.1, 0.15) is 5.75 Å². The van der Waals surface area contributed by atoms with Crippen LogP contribution >= 0.6 is 0 Å². The number of likely N-dealkylation sites (tertiary alicyclic amines) is 2. The molecule has 4 aliphatic rings. The zero-order valence-electron chi connectivity index (χ0n) is 20.7. The number of hydrogen-bond donors (Lipinski definition) is 3. The minimum absolute atomic E-state index is 0.0268. The number of aryl methyl sites for hydroxylation is 1. The minimum Gasteiger partial charge on any atom is -0.507 e. The summed E-state index contributed by atoms with van der Waals surface area (Å²) in [5.41, 5.74) is 1.72. The van der Waals surface area contributed by atoms with Gasteiger partial charge < -0.3 is 15.3 Å². The van der Waals surface area contributed by atoms with E-state index in [1.54, 1.807) is 25.1 Å². The van der Waals surface area contributed by atoms with Gasteiger partial charge >= 0.3 is 11.9 Å². The molecule has 2 aliphatic heterocycles. The number of carboxylic acid groups (broad SMARTS) is 2. The third-order valence-corrected chi connectivity index (χ3v) is 8.53. The Morgan fingerprint density at radius 3 is 2.03 bits per heavy atom. The van der Waals surface area contributed by atoms with Crippen molar-refractivity contribution in [3.8, 4) is 5.75 Å². The molecule has 2 heterocycles. The zero-order chi connectivity index (χ0) is 27.5. The lowest BCUT2D eigenvalue weighted by Gasteiger charge is -2.44. The topological polar surface area (TPSA) is 170 Å². The predicted molar refractivity (Wildman–Crippen MR) is 128 cm³/mol. The van der Waals surface area contributed by atoms with Crippen LogP contribution in [0.3, 0.4) is 0 Å². The van der Waals surface area contributed by atoms with E-state index in [1.165, 1.54) is 0 Å². The molecular weight excluding hydrogens is 496 g/mol. The number of benzene rings is 1. The van der Waals surface area contributed by atoms with Crippen molar-refractivity contribution >= 4 is 35.6 Å². The molecule has 1 saturated carbocycles. The summed E-state index contributed by atoms with van der Waals surface area (Å²) in [7, 11) is 0. The molecule has 3 fully saturated rings. The number of carbonyl (C=O) groups is 6. The highest BCUT2D eigenvalue weighted by atomic mass is 16.4. The quantitative estimate of drug-likeness (QED) is 0.351. The molecule has 6 unspecified atom stereocenters. The monoisotopic (exact) mass is 524 g/mol. The SMILES string of the molecule is Cc1cccc(C2C3=CCC4C(=O)N(CCC(=O)O)C(=O)C4C3CC3C(=O)N(CCC(=O)O)C(=O)C32)c1O. The number of allylic oxidation sites excluding steroid dienone is 2. The Kier molecular flexibility index (Phi) is 6.32. The Balaban J connectivity index is 1.58. The van der Waals surface area contributed by atoms with Crippen molar-refractivity contribution in [2.75, 3.05) is 13.1 Å². The van der Waals surface area contributed by atoms with E-state index in [1.807, 2.05) is 6.08 Å². The highest BCUT2D eigenvalue weighted by Crippen LogP contribution is 2.58. The van der Waals surface area contributed by atoms with Crippen molar-refractivity contribution in [1.82, 2.24) is 9.80 Å². The fraction of sp³-hybridized carbons (Fsp3) is 0.481. The molecule has 0 bridgehead atoms. The summed E-state index contributed by atoms with van der Waals surface area (Å²) in [6.07, 6.45) is 1.40. The molecule has 0 spiro atoms. The van der Waals surface area contributed by atoms with E-state index in [4.69, 9.17) is 10.2 Å². The summed E-state index contributed by atoms with van der Waals surface area (Å²) >= 11 is 0. The van der Waals surface area contributed by atoms with Gasteiger partial charge in [0.05, 0.1) is 36.5 Å². The first-order valence-electron chi connectivity index (χ1n) is 12.6. The molecule has 11 nitrogen and oxygen atoms in total. The average Bonchev–Trinajstić information content (AvgIpc) is 3.25. The number of aromatic hydroxyl groups is 1. The van der Waals surface area contributed by atoms with Crippen LogP contribution < -0.4 is 0 Å². The molecule has 1 aromatic carbocycles. The predicted octanol–water partition coefficient (Wildman–Crippen LogP) is 1.29. The molecule has 5 rings (SSSR count). The van der Waals surface area contributed by atoms with Gasteiger partial charge in [-0.2, -0.15) is 0 Å². The molecule has 2 aliphatic carbocycles. The Morgan fingerprint density at radius 2 is 1.42 bits per heavy atom. The molecule has 6 atom stereocenters. The maximum Gasteiger partial charge on any atom is 0.305 e. The van der Waals surface area contributed by atoms with E-state index in [-0.39, 0.29) is 38.1 Å². The molecular formula is C27H28N2O9. The molecule has 200 valence electrons. The van der Waals surface area contributed by atoms with Crippen LogP contribution in [-0.2, 0) is 28.8 Å². The first-order chi connectivity index (χ1) is 18.0. The first-order valence-corrected chi connectivity index (χ1v) is 12.6. The number of phenolic OH excluding ortho intramolecular Hbond substituents is 1. The van der Waals surface area contributed by atoms with Crippen molar-refractivity contribution in [2.45, 2.75) is 38.5 Å². The summed E-state index contributed by atoms with van der Waals surface area (Å²) in [6, 6.07) is 5.12. The second-order valence-electron chi connectivity index (χ2n) is 10.5. The lowest BCUT2D eigenvalue weighted by molar-refractivity contribution is -0.145. The molecule has 0 aromatic heterocycles. The number of para-hydroxylation sites is 1. The molecule has 3 N–H and O–H groups in total. The van der Waals surface area contributed by atoms with Gasteiger partial charge in [0, 0.05) is 24.6 Å². The fourth-order valence-electron chi connectivity index (χ4n) is 6.86. The van der Waals surface area contributed by atoms with Crippen molar-refractivity contribution in [1.29, 1.82) is 0 Å². The third-order valence-electron chi connectivity index (χ3n) is 8.53. The highest BCUT2D eigenvalue weighted by Gasteiger charge is 2.62. The number of aliphatic carboxylic acids is 2. The van der Waals surface area contributed by atoms with Gasteiger partial charge in [-0.05, 0) is 31.2 Å². The molecule has 11 heteroatoms. The lowest BCUT2D eigenvalue weighted by Crippen LogP contribution is -2.43. The Morgan fingerprint density at radius 1 is 0.842 bits per heavy atom. The van der Waals surface area contributed by atoms with Crippen LogP contribution in [0.25, 0.3) is 0 Å². The van der Waals surface area contributed by atoms with Crippen molar-refractivity contribution in [2.24, 2.45) is 29.6 Å². The molecule has 2 saturated heterocycles. The maximum atomic E-state index is 13.6. The first kappa shape index (κ1) is 25.6. The number of carboxylic acids is 2. The fourth-order valence-corrected chi connectivity index (χ4v) is 6.86. The van der Waals surface area contributed by atoms with Crippen molar-refractivity contribution in [3.63, 3.8) is 0 Å². The van der Waals surface area contributed by atoms with Crippen LogP contribution in [0, 0.1) is 36.5 Å². The number of phenols is 1. The van der Waals surface area contributed by atoms with E-state index in [9.17, 15) is 33.9 Å². The Bertz CT molecular complexity index is 1300. The van der Waals surface area contributed by atoms with Crippen molar-refractivity contribution in [3.05, 3.63) is 41.0 Å². The van der Waals surface area contributed by atoms with E-state index < -0.39 is 77.5 Å². The van der Waals surface area contributed by atoms with Crippen LogP contribution in [-0.4, -0.2) is 73.8 Å². The molecule has 38 heavy (non-hydrogen) atoms. The van der Waals surface area contributed by atoms with Gasteiger partial charge in [0.25, 0.3) is 0 Å². The number of imide groups is 2. The summed E-state index contributed by atoms with van der Waals surface area (Å²) in [5.74, 6) is -8.78. The Labute approximate surface area is 217 Å². The van der Waals surface area contributed by atoms with E-state index in [2.05, 4.69) is 0 Å². The number of hydrogen-bond acceptors (Lipinski definition) is 7. The summed E-state index contributed by atoms with van der Waals surface area (Å²) in [6.45, 7) is 1.20. The van der Waals surface area contributed by atoms with Crippen LogP contribution in [0.1, 0.15) is 42.7 Å². The summed E-state index contributed by atoms with van der Waals surface area (Å²) in [5, 5.41) is 29.2. The summed E-state index contributed by atoms with van der Waals surface area (Å²) in [4.78, 5) is 77.8. The average molecular weight is 525 g/mol. The minimum atomic E-state index is -1.15. The summed E-state index contributed by atoms with van der Waals surface area (Å²) < 4.78 is 0. The van der Waals surface area contributed by atoms with Gasteiger partial charge in [-0.15, -0.1) is 0 Å². The van der Waals surface area contributed by atoms with Crippen LogP contribution in [0.15, 0.2) is 29.8 Å². The number of carbonyl (C=O) groups excluding carboxylic acids is 4. The standard InChI is InChI=1S/C27H28N2O9/c1-12-3-2-4-14(23(12)34)20-13-5-6-15-21(26(37)28(24(15)35)9-7-18(30)31)16(13)11-17-22(20)27(38)29(25(17)36)10-8-19(32)33/h2-5,15-17,20-22,34H,6-11H2,1H3,(H,30,31)(H,32,33). The van der Waals surface area contributed by atoms with E-state index in [0.717, 1.165) is 9.80 Å². The number of rotatable bonds is 7. The smallest absolute Gasteiger partial charge is 0.305 e. The van der Waals surface area contributed by atoms with Gasteiger partial charge in [0.2, 0.25) is 23.6 Å². The van der Waals surface area contributed by atoms with Gasteiger partial charge in [-0.3, -0.25) is 38.6 Å². The van der Waals surface area contributed by atoms with Crippen LogP contribution in [0.5, 0.6) is 5.75 Å². The highest BCUT2D eigenvalue weighted by molar-refractivity contribution is 6.08. The second kappa shape index (κ2) is 9.38. The normalized spacial score (nSPS) is 30.2. The molecule has 1 aromatic rings. The van der Waals surface area contributed by atoms with E-state index >= 15 is 0 Å². The number of amides is 4. The Hall–Kier alpha value is -4.02. The molecule has 0 radical (unpaired) electrons. The van der Waals surface area contributed by atoms with Gasteiger partial charge in [0.15, 0.2) is 0 Å². The van der Waals surface area contributed by atoms with Gasteiger partial charge in [-0.25, -0.2) is 0 Å².